The van der Waals surface area contributed by atoms with E-state index in [2.05, 4.69) is 9.62 Å². The van der Waals surface area contributed by atoms with E-state index in [0.717, 1.165) is 5.69 Å². The maximum absolute atomic E-state index is 13.1. The first-order valence-electron chi connectivity index (χ1n) is 9.92. The number of nitrogens with zero attached hydrogens (tertiary/aromatic N) is 2. The number of hydrogen-bond acceptors (Lipinski definition) is 5. The van der Waals surface area contributed by atoms with Gasteiger partial charge in [-0.25, -0.2) is 17.5 Å². The molecule has 2 aromatic carbocycles. The third kappa shape index (κ3) is 4.91. The van der Waals surface area contributed by atoms with Crippen LogP contribution in [0.1, 0.15) is 24.2 Å². The fraction of sp³-hybridized carbons (Fsp3) is 0.381. The first-order valence-corrected chi connectivity index (χ1v) is 11.4. The van der Waals surface area contributed by atoms with Crippen molar-refractivity contribution in [2.75, 3.05) is 44.2 Å². The lowest BCUT2D eigenvalue weighted by molar-refractivity contribution is 0.0746. The lowest BCUT2D eigenvalue weighted by Crippen LogP contribution is -2.48. The maximum Gasteiger partial charge on any atom is 0.254 e. The summed E-state index contributed by atoms with van der Waals surface area (Å²) in [5.74, 6) is -0.299. The third-order valence-corrected chi connectivity index (χ3v) is 6.44. The van der Waals surface area contributed by atoms with Crippen LogP contribution in [0.3, 0.4) is 0 Å². The fourth-order valence-electron chi connectivity index (χ4n) is 3.40. The number of hydrogen-bond donors (Lipinski definition) is 1. The van der Waals surface area contributed by atoms with Crippen molar-refractivity contribution in [1.82, 2.24) is 9.62 Å². The molecular formula is C21H26FN3O4S. The number of piperazine rings is 1. The Morgan fingerprint density at radius 3 is 2.33 bits per heavy atom. The molecule has 9 heteroatoms. The Labute approximate surface area is 176 Å². The molecule has 1 fully saturated rings. The number of anilines is 1. The average Bonchev–Trinajstić information content (AvgIpc) is 2.74. The van der Waals surface area contributed by atoms with E-state index in [4.69, 9.17) is 4.74 Å². The second kappa shape index (κ2) is 9.44. The lowest BCUT2D eigenvalue weighted by atomic mass is 10.1. The van der Waals surface area contributed by atoms with Gasteiger partial charge < -0.3 is 14.5 Å². The second-order valence-corrected chi connectivity index (χ2v) is 8.59. The van der Waals surface area contributed by atoms with Gasteiger partial charge in [0.25, 0.3) is 5.91 Å². The maximum atomic E-state index is 13.1. The normalized spacial score (nSPS) is 14.6. The molecule has 1 amide bonds. The summed E-state index contributed by atoms with van der Waals surface area (Å²) in [7, 11) is -3.78. The summed E-state index contributed by atoms with van der Waals surface area (Å²) in [5, 5.41) is 0. The minimum absolute atomic E-state index is 0.0398. The van der Waals surface area contributed by atoms with Crippen LogP contribution in [0.2, 0.25) is 0 Å². The Kier molecular flexibility index (Phi) is 6.94. The molecule has 1 N–H and O–H groups in total. The van der Waals surface area contributed by atoms with E-state index in [1.165, 1.54) is 24.3 Å². The molecule has 0 atom stereocenters. The van der Waals surface area contributed by atoms with Gasteiger partial charge >= 0.3 is 0 Å². The summed E-state index contributed by atoms with van der Waals surface area (Å²) in [5.41, 5.74) is 1.20. The van der Waals surface area contributed by atoms with Crippen LogP contribution in [-0.4, -0.2) is 58.6 Å². The predicted octanol–water partition coefficient (Wildman–Crippen LogP) is 2.49. The number of amides is 1. The van der Waals surface area contributed by atoms with E-state index in [0.29, 0.717) is 38.3 Å². The quantitative estimate of drug-likeness (QED) is 0.723. The molecule has 7 nitrogen and oxygen atoms in total. The fourth-order valence-corrected chi connectivity index (χ4v) is 4.61. The number of halogens is 1. The average molecular weight is 436 g/mol. The van der Waals surface area contributed by atoms with Gasteiger partial charge in [0.1, 0.15) is 16.5 Å². The highest BCUT2D eigenvalue weighted by Crippen LogP contribution is 2.26. The van der Waals surface area contributed by atoms with E-state index in [-0.39, 0.29) is 28.9 Å². The molecule has 1 aliphatic rings. The molecule has 1 heterocycles. The van der Waals surface area contributed by atoms with Crippen molar-refractivity contribution in [2.24, 2.45) is 0 Å². The number of benzene rings is 2. The summed E-state index contributed by atoms with van der Waals surface area (Å²) in [6.45, 7) is 6.19. The summed E-state index contributed by atoms with van der Waals surface area (Å²) >= 11 is 0. The van der Waals surface area contributed by atoms with Gasteiger partial charge in [0.05, 0.1) is 6.61 Å². The first kappa shape index (κ1) is 22.0. The van der Waals surface area contributed by atoms with Crippen LogP contribution >= 0.6 is 0 Å². The van der Waals surface area contributed by atoms with Gasteiger partial charge in [-0.2, -0.15) is 0 Å². The van der Waals surface area contributed by atoms with Gasteiger partial charge in [-0.3, -0.25) is 4.79 Å². The largest absolute Gasteiger partial charge is 0.492 e. The molecule has 0 radical (unpaired) electrons. The SMILES string of the molecule is CCNS(=O)(=O)c1cc(C(=O)N2CCN(c3ccc(F)cc3)CC2)ccc1OCC. The van der Waals surface area contributed by atoms with Crippen LogP contribution in [0.15, 0.2) is 47.4 Å². The van der Waals surface area contributed by atoms with Crippen molar-refractivity contribution in [3.8, 4) is 5.75 Å². The highest BCUT2D eigenvalue weighted by molar-refractivity contribution is 7.89. The number of sulfonamides is 1. The highest BCUT2D eigenvalue weighted by Gasteiger charge is 2.26. The molecule has 162 valence electrons. The molecule has 0 bridgehead atoms. The monoisotopic (exact) mass is 435 g/mol. The van der Waals surface area contributed by atoms with E-state index in [9.17, 15) is 17.6 Å². The second-order valence-electron chi connectivity index (χ2n) is 6.85. The van der Waals surface area contributed by atoms with Gasteiger partial charge in [0.15, 0.2) is 0 Å². The van der Waals surface area contributed by atoms with Gasteiger partial charge in [-0.1, -0.05) is 6.92 Å². The van der Waals surface area contributed by atoms with Crippen LogP contribution < -0.4 is 14.4 Å². The van der Waals surface area contributed by atoms with Crippen molar-refractivity contribution in [1.29, 1.82) is 0 Å². The molecular weight excluding hydrogens is 409 g/mol. The highest BCUT2D eigenvalue weighted by atomic mass is 32.2. The van der Waals surface area contributed by atoms with Crippen molar-refractivity contribution >= 4 is 21.6 Å². The zero-order valence-corrected chi connectivity index (χ0v) is 17.9. The molecule has 0 aliphatic carbocycles. The zero-order chi connectivity index (χ0) is 21.7. The molecule has 1 saturated heterocycles. The summed E-state index contributed by atoms with van der Waals surface area (Å²) in [4.78, 5) is 16.7. The Morgan fingerprint density at radius 2 is 1.73 bits per heavy atom. The summed E-state index contributed by atoms with van der Waals surface area (Å²) < 4.78 is 46.1. The number of carbonyl (C=O) groups is 1. The molecule has 0 aromatic heterocycles. The van der Waals surface area contributed by atoms with Gasteiger partial charge in [-0.05, 0) is 49.4 Å². The Balaban J connectivity index is 1.76. The molecule has 1 aliphatic heterocycles. The van der Waals surface area contributed by atoms with Crippen molar-refractivity contribution < 1.29 is 22.3 Å². The molecule has 30 heavy (non-hydrogen) atoms. The van der Waals surface area contributed by atoms with Crippen LogP contribution in [-0.2, 0) is 10.0 Å². The summed E-state index contributed by atoms with van der Waals surface area (Å²) in [6.07, 6.45) is 0. The standard InChI is InChI=1S/C21H26FN3O4S/c1-3-23-30(27,28)20-15-16(5-10-19(20)29-4-2)21(26)25-13-11-24(12-14-25)18-8-6-17(22)7-9-18/h5-10,15,23H,3-4,11-14H2,1-2H3. The molecule has 0 saturated carbocycles. The molecule has 0 unspecified atom stereocenters. The Bertz CT molecular complexity index is 988. The Hall–Kier alpha value is -2.65. The first-order chi connectivity index (χ1) is 14.4. The third-order valence-electron chi connectivity index (χ3n) is 4.87. The lowest BCUT2D eigenvalue weighted by Gasteiger charge is -2.36. The van der Waals surface area contributed by atoms with Crippen molar-refractivity contribution in [3.63, 3.8) is 0 Å². The number of carbonyl (C=O) groups excluding carboxylic acids is 1. The van der Waals surface area contributed by atoms with Crippen LogP contribution in [0.25, 0.3) is 0 Å². The van der Waals surface area contributed by atoms with E-state index in [1.54, 1.807) is 36.9 Å². The topological polar surface area (TPSA) is 79.0 Å². The molecule has 2 aromatic rings. The van der Waals surface area contributed by atoms with E-state index < -0.39 is 10.0 Å². The van der Waals surface area contributed by atoms with Crippen LogP contribution in [0.4, 0.5) is 10.1 Å². The van der Waals surface area contributed by atoms with Gasteiger partial charge in [-0.15, -0.1) is 0 Å². The van der Waals surface area contributed by atoms with Gasteiger partial charge in [0.2, 0.25) is 10.0 Å². The minimum Gasteiger partial charge on any atom is -0.492 e. The summed E-state index contributed by atoms with van der Waals surface area (Å²) in [6, 6.07) is 10.8. The Morgan fingerprint density at radius 1 is 1.07 bits per heavy atom. The number of ether oxygens (including phenoxy) is 1. The van der Waals surface area contributed by atoms with Crippen LogP contribution in [0.5, 0.6) is 5.75 Å². The van der Waals surface area contributed by atoms with E-state index >= 15 is 0 Å². The smallest absolute Gasteiger partial charge is 0.254 e. The predicted molar refractivity (Wildman–Crippen MR) is 113 cm³/mol. The number of nitrogens with one attached hydrogen (secondary N) is 1. The van der Waals surface area contributed by atoms with Crippen molar-refractivity contribution in [2.45, 2.75) is 18.7 Å². The van der Waals surface area contributed by atoms with Crippen molar-refractivity contribution in [3.05, 3.63) is 53.8 Å². The zero-order valence-electron chi connectivity index (χ0n) is 17.1. The van der Waals surface area contributed by atoms with Gasteiger partial charge in [0, 0.05) is 44.0 Å². The van der Waals surface area contributed by atoms with E-state index in [1.807, 2.05) is 0 Å². The molecule has 0 spiro atoms. The number of rotatable bonds is 7. The molecule has 3 rings (SSSR count). The minimum atomic E-state index is -3.78. The van der Waals surface area contributed by atoms with Crippen LogP contribution in [0, 0.1) is 5.82 Å².